The number of carbonyl (C=O) groups is 2. The maximum Gasteiger partial charge on any atom is 0.255 e. The number of aliphatic hydroxyl groups excluding tert-OH is 2. The van der Waals surface area contributed by atoms with Crippen LogP contribution >= 0.6 is 0 Å². The summed E-state index contributed by atoms with van der Waals surface area (Å²) in [6.07, 6.45) is -0.924. The van der Waals surface area contributed by atoms with E-state index in [2.05, 4.69) is 5.32 Å². The van der Waals surface area contributed by atoms with Gasteiger partial charge in [0.2, 0.25) is 0 Å². The summed E-state index contributed by atoms with van der Waals surface area (Å²) >= 11 is 0. The van der Waals surface area contributed by atoms with Gasteiger partial charge in [0.15, 0.2) is 12.2 Å². The van der Waals surface area contributed by atoms with Gasteiger partial charge in [-0.2, -0.15) is 0 Å². The molecule has 6 nitrogen and oxygen atoms in total. The molecule has 1 aliphatic heterocycles. The topological polar surface area (TPSA) is 89.9 Å². The molecule has 28 heavy (non-hydrogen) atoms. The fourth-order valence-electron chi connectivity index (χ4n) is 4.12. The SMILES string of the molecule is O=C(NC1CCCc2ccccc21)[C@H](O)[C@@H](O)C(=O)N1Cc2ccccc2C1. The minimum atomic E-state index is -1.80. The molecular formula is C22H24N2O4. The fourth-order valence-corrected chi connectivity index (χ4v) is 4.12. The van der Waals surface area contributed by atoms with Gasteiger partial charge in [-0.25, -0.2) is 0 Å². The van der Waals surface area contributed by atoms with Crippen molar-refractivity contribution in [2.75, 3.05) is 0 Å². The lowest BCUT2D eigenvalue weighted by Gasteiger charge is -2.28. The van der Waals surface area contributed by atoms with Gasteiger partial charge in [0.05, 0.1) is 6.04 Å². The van der Waals surface area contributed by atoms with Gasteiger partial charge in [0.25, 0.3) is 11.8 Å². The highest BCUT2D eigenvalue weighted by molar-refractivity contribution is 5.91. The van der Waals surface area contributed by atoms with Crippen LogP contribution < -0.4 is 5.32 Å². The first-order valence-corrected chi connectivity index (χ1v) is 9.64. The summed E-state index contributed by atoms with van der Waals surface area (Å²) < 4.78 is 0. The molecule has 2 aromatic rings. The number of fused-ring (bicyclic) bond motifs is 2. The summed E-state index contributed by atoms with van der Waals surface area (Å²) in [6, 6.07) is 15.3. The van der Waals surface area contributed by atoms with Gasteiger partial charge in [-0.3, -0.25) is 9.59 Å². The first-order chi connectivity index (χ1) is 13.5. The third-order valence-electron chi connectivity index (χ3n) is 5.66. The molecule has 146 valence electrons. The van der Waals surface area contributed by atoms with Crippen molar-refractivity contribution in [1.82, 2.24) is 10.2 Å². The van der Waals surface area contributed by atoms with E-state index in [0.29, 0.717) is 13.1 Å². The largest absolute Gasteiger partial charge is 0.380 e. The number of aliphatic hydroxyl groups is 2. The third kappa shape index (κ3) is 3.53. The molecule has 0 fully saturated rings. The monoisotopic (exact) mass is 380 g/mol. The molecule has 3 N–H and O–H groups in total. The van der Waals surface area contributed by atoms with E-state index in [1.54, 1.807) is 0 Å². The minimum Gasteiger partial charge on any atom is -0.380 e. The first kappa shape index (κ1) is 18.7. The van der Waals surface area contributed by atoms with Gasteiger partial charge in [-0.15, -0.1) is 0 Å². The van der Waals surface area contributed by atoms with E-state index in [9.17, 15) is 19.8 Å². The molecule has 2 amide bonds. The predicted octanol–water partition coefficient (Wildman–Crippen LogP) is 1.44. The molecule has 3 atom stereocenters. The summed E-state index contributed by atoms with van der Waals surface area (Å²) in [7, 11) is 0. The van der Waals surface area contributed by atoms with Crippen LogP contribution in [0, 0.1) is 0 Å². The van der Waals surface area contributed by atoms with Crippen LogP contribution in [0.3, 0.4) is 0 Å². The maximum absolute atomic E-state index is 12.6. The van der Waals surface area contributed by atoms with Gasteiger partial charge in [-0.05, 0) is 41.5 Å². The number of nitrogens with zero attached hydrogens (tertiary/aromatic N) is 1. The van der Waals surface area contributed by atoms with E-state index in [4.69, 9.17) is 0 Å². The summed E-state index contributed by atoms with van der Waals surface area (Å²) in [4.78, 5) is 26.6. The van der Waals surface area contributed by atoms with Crippen LogP contribution in [0.15, 0.2) is 48.5 Å². The lowest BCUT2D eigenvalue weighted by atomic mass is 9.87. The van der Waals surface area contributed by atoms with Crippen molar-refractivity contribution in [3.63, 3.8) is 0 Å². The molecule has 0 bridgehead atoms. The lowest BCUT2D eigenvalue weighted by Crippen LogP contribution is -2.50. The lowest BCUT2D eigenvalue weighted by molar-refractivity contribution is -0.153. The van der Waals surface area contributed by atoms with Crippen molar-refractivity contribution in [3.05, 3.63) is 70.8 Å². The summed E-state index contributed by atoms with van der Waals surface area (Å²) in [5, 5.41) is 23.4. The molecule has 0 saturated heterocycles. The van der Waals surface area contributed by atoms with Crippen molar-refractivity contribution in [2.24, 2.45) is 0 Å². The normalized spacial score (nSPS) is 20.1. The molecule has 0 aromatic heterocycles. The van der Waals surface area contributed by atoms with Crippen LogP contribution in [-0.2, 0) is 29.1 Å². The van der Waals surface area contributed by atoms with Crippen LogP contribution in [0.2, 0.25) is 0 Å². The Bertz CT molecular complexity index is 873. The van der Waals surface area contributed by atoms with Crippen LogP contribution in [-0.4, -0.2) is 39.1 Å². The Hall–Kier alpha value is -2.70. The molecule has 2 aromatic carbocycles. The van der Waals surface area contributed by atoms with Crippen molar-refractivity contribution in [1.29, 1.82) is 0 Å². The highest BCUT2D eigenvalue weighted by Gasteiger charge is 2.36. The molecule has 0 radical (unpaired) electrons. The second-order valence-electron chi connectivity index (χ2n) is 7.50. The fraction of sp³-hybridized carbons (Fsp3) is 0.364. The number of carbonyl (C=O) groups excluding carboxylic acids is 2. The van der Waals surface area contributed by atoms with E-state index in [1.807, 2.05) is 48.5 Å². The van der Waals surface area contributed by atoms with Crippen molar-refractivity contribution in [2.45, 2.75) is 50.6 Å². The number of aryl methyl sites for hydroxylation is 1. The maximum atomic E-state index is 12.6. The smallest absolute Gasteiger partial charge is 0.255 e. The number of benzene rings is 2. The Morgan fingerprint density at radius 2 is 1.54 bits per heavy atom. The molecule has 0 saturated carbocycles. The highest BCUT2D eigenvalue weighted by atomic mass is 16.3. The third-order valence-corrected chi connectivity index (χ3v) is 5.66. The van der Waals surface area contributed by atoms with Crippen molar-refractivity contribution >= 4 is 11.8 Å². The summed E-state index contributed by atoms with van der Waals surface area (Å²) in [5.74, 6) is -1.36. The number of rotatable bonds is 4. The Morgan fingerprint density at radius 1 is 0.929 bits per heavy atom. The molecule has 1 aliphatic carbocycles. The summed E-state index contributed by atoms with van der Waals surface area (Å²) in [6.45, 7) is 0.743. The van der Waals surface area contributed by atoms with E-state index in [0.717, 1.165) is 36.0 Å². The molecule has 4 rings (SSSR count). The Labute approximate surface area is 163 Å². The zero-order valence-corrected chi connectivity index (χ0v) is 15.5. The van der Waals surface area contributed by atoms with Gasteiger partial charge < -0.3 is 20.4 Å². The number of hydrogen-bond donors (Lipinski definition) is 3. The summed E-state index contributed by atoms with van der Waals surface area (Å²) in [5.41, 5.74) is 4.24. The minimum absolute atomic E-state index is 0.217. The average Bonchev–Trinajstić information content (AvgIpc) is 3.16. The van der Waals surface area contributed by atoms with E-state index < -0.39 is 24.0 Å². The second kappa shape index (κ2) is 7.73. The van der Waals surface area contributed by atoms with Gasteiger partial charge in [0.1, 0.15) is 0 Å². The van der Waals surface area contributed by atoms with Gasteiger partial charge in [-0.1, -0.05) is 48.5 Å². The average molecular weight is 380 g/mol. The van der Waals surface area contributed by atoms with Crippen LogP contribution in [0.5, 0.6) is 0 Å². The first-order valence-electron chi connectivity index (χ1n) is 9.64. The predicted molar refractivity (Wildman–Crippen MR) is 103 cm³/mol. The van der Waals surface area contributed by atoms with Gasteiger partial charge >= 0.3 is 0 Å². The zero-order chi connectivity index (χ0) is 19.7. The highest BCUT2D eigenvalue weighted by Crippen LogP contribution is 2.29. The molecule has 0 spiro atoms. The van der Waals surface area contributed by atoms with E-state index in [-0.39, 0.29) is 6.04 Å². The molecule has 1 heterocycles. The standard InChI is InChI=1S/C22H24N2O4/c25-19(20(26)22(28)24-12-15-7-1-2-8-16(15)13-24)21(27)23-18-11-5-9-14-6-3-4-10-17(14)18/h1-4,6-8,10,18-20,25-26H,5,9,11-13H2,(H,23,27)/t18?,19-,20-/m1/s1. The Balaban J connectivity index is 1.40. The molecule has 6 heteroatoms. The van der Waals surface area contributed by atoms with Crippen LogP contribution in [0.4, 0.5) is 0 Å². The Kier molecular flexibility index (Phi) is 5.15. The van der Waals surface area contributed by atoms with Crippen molar-refractivity contribution in [3.8, 4) is 0 Å². The molecule has 1 unspecified atom stereocenters. The number of hydrogen-bond acceptors (Lipinski definition) is 4. The van der Waals surface area contributed by atoms with Crippen LogP contribution in [0.1, 0.15) is 41.1 Å². The quantitative estimate of drug-likeness (QED) is 0.749. The van der Waals surface area contributed by atoms with Crippen molar-refractivity contribution < 1.29 is 19.8 Å². The molecule has 2 aliphatic rings. The van der Waals surface area contributed by atoms with Crippen LogP contribution in [0.25, 0.3) is 0 Å². The Morgan fingerprint density at radius 3 is 2.21 bits per heavy atom. The van der Waals surface area contributed by atoms with E-state index >= 15 is 0 Å². The zero-order valence-electron chi connectivity index (χ0n) is 15.5. The van der Waals surface area contributed by atoms with E-state index in [1.165, 1.54) is 10.5 Å². The second-order valence-corrected chi connectivity index (χ2v) is 7.50. The molecular weight excluding hydrogens is 356 g/mol. The number of nitrogens with one attached hydrogen (secondary N) is 1. The van der Waals surface area contributed by atoms with Gasteiger partial charge in [0, 0.05) is 13.1 Å². The number of amides is 2.